The van der Waals surface area contributed by atoms with Gasteiger partial charge in [0.25, 0.3) is 5.91 Å². The van der Waals surface area contributed by atoms with Crippen LogP contribution in [0.3, 0.4) is 0 Å². The fraction of sp³-hybridized carbons (Fsp3) is 0.148. The van der Waals surface area contributed by atoms with Gasteiger partial charge in [-0.05, 0) is 42.5 Å². The molecule has 1 aliphatic heterocycles. The Morgan fingerprint density at radius 1 is 1.16 bits per heavy atom. The van der Waals surface area contributed by atoms with Gasteiger partial charge in [0.2, 0.25) is 5.79 Å². The molecular formula is C27H20Cl2N4O4. The van der Waals surface area contributed by atoms with E-state index in [1.165, 1.54) is 18.2 Å². The van der Waals surface area contributed by atoms with Crippen molar-refractivity contribution in [3.05, 3.63) is 99.2 Å². The molecule has 1 aromatic heterocycles. The molecule has 3 aromatic carbocycles. The summed E-state index contributed by atoms with van der Waals surface area (Å²) in [6.07, 6.45) is 3.47. The second-order valence-electron chi connectivity index (χ2n) is 8.34. The van der Waals surface area contributed by atoms with Crippen LogP contribution in [0.4, 0.5) is 0 Å². The van der Waals surface area contributed by atoms with Crippen LogP contribution >= 0.6 is 23.2 Å². The number of aromatic hydroxyl groups is 1. The number of hydrogen-bond donors (Lipinski definition) is 2. The van der Waals surface area contributed by atoms with Crippen molar-refractivity contribution in [3.8, 4) is 11.8 Å². The lowest BCUT2D eigenvalue weighted by molar-refractivity contribution is -0.175. The number of nitrogens with one attached hydrogen (secondary N) is 1. The topological polar surface area (TPSA) is 109 Å². The second kappa shape index (κ2) is 10.2. The minimum absolute atomic E-state index is 0.00983. The highest BCUT2D eigenvalue weighted by Gasteiger charge is 2.41. The van der Waals surface area contributed by atoms with Crippen LogP contribution in [0.15, 0.2) is 72.0 Å². The molecule has 0 aliphatic carbocycles. The van der Waals surface area contributed by atoms with Gasteiger partial charge < -0.3 is 19.1 Å². The number of aromatic nitrogens is 1. The molecule has 4 aromatic rings. The number of hydrogen-bond acceptors (Lipinski definition) is 6. The number of carbonyl (C=O) groups excluding carboxylic acids is 1. The summed E-state index contributed by atoms with van der Waals surface area (Å²) >= 11 is 12.6. The fourth-order valence-corrected chi connectivity index (χ4v) is 4.85. The monoisotopic (exact) mass is 534 g/mol. The molecule has 0 atom stereocenters. The molecule has 0 unspecified atom stereocenters. The number of carbonyl (C=O) groups is 1. The van der Waals surface area contributed by atoms with Crippen LogP contribution in [-0.4, -0.2) is 35.0 Å². The summed E-state index contributed by atoms with van der Waals surface area (Å²) in [5, 5.41) is 24.7. The first-order valence-corrected chi connectivity index (χ1v) is 12.0. The third kappa shape index (κ3) is 4.90. The number of halogens is 2. The van der Waals surface area contributed by atoms with Crippen LogP contribution in [0.25, 0.3) is 10.9 Å². The smallest absolute Gasteiger partial charge is 0.271 e. The maximum atomic E-state index is 12.4. The number of fused-ring (bicyclic) bond motifs is 1. The van der Waals surface area contributed by atoms with Crippen molar-refractivity contribution in [2.45, 2.75) is 12.3 Å². The number of rotatable bonds is 6. The molecule has 2 heterocycles. The van der Waals surface area contributed by atoms with Crippen LogP contribution in [0.2, 0.25) is 10.0 Å². The van der Waals surface area contributed by atoms with E-state index in [4.69, 9.17) is 37.9 Å². The molecule has 1 aliphatic rings. The summed E-state index contributed by atoms with van der Waals surface area (Å²) in [5.41, 5.74) is 5.07. The van der Waals surface area contributed by atoms with Gasteiger partial charge in [-0.3, -0.25) is 4.79 Å². The minimum Gasteiger partial charge on any atom is -0.507 e. The lowest BCUT2D eigenvalue weighted by atomic mass is 10.1. The van der Waals surface area contributed by atoms with E-state index in [1.807, 2.05) is 47.2 Å². The number of phenolic OH excluding ortho intramolecular Hbond substituents is 1. The summed E-state index contributed by atoms with van der Waals surface area (Å²) in [7, 11) is 0. The Balaban J connectivity index is 1.39. The molecule has 0 saturated carbocycles. The van der Waals surface area contributed by atoms with Gasteiger partial charge in [-0.2, -0.15) is 10.4 Å². The molecule has 37 heavy (non-hydrogen) atoms. The molecule has 186 valence electrons. The SMILES string of the molecule is N#Cc1cc(C(=O)NN=Cc2cccc3c2ccn3CC2(c3ccc(Cl)cc3Cl)OCCO2)ccc1O. The van der Waals surface area contributed by atoms with Crippen LogP contribution < -0.4 is 5.43 Å². The number of nitriles is 1. The minimum atomic E-state index is -1.06. The van der Waals surface area contributed by atoms with Crippen LogP contribution in [-0.2, 0) is 21.8 Å². The zero-order valence-corrected chi connectivity index (χ0v) is 20.8. The number of nitrogens with zero attached hydrogens (tertiary/aromatic N) is 3. The molecule has 1 amide bonds. The summed E-state index contributed by atoms with van der Waals surface area (Å²) < 4.78 is 14.2. The highest BCUT2D eigenvalue weighted by atomic mass is 35.5. The summed E-state index contributed by atoms with van der Waals surface area (Å²) in [4.78, 5) is 12.4. The predicted molar refractivity (Wildman–Crippen MR) is 140 cm³/mol. The van der Waals surface area contributed by atoms with Gasteiger partial charge in [-0.15, -0.1) is 0 Å². The summed E-state index contributed by atoms with van der Waals surface area (Å²) in [6.45, 7) is 1.23. The molecule has 10 heteroatoms. The highest BCUT2D eigenvalue weighted by Crippen LogP contribution is 2.39. The third-order valence-corrected chi connectivity index (χ3v) is 6.62. The van der Waals surface area contributed by atoms with E-state index >= 15 is 0 Å². The Labute approximate surface area is 222 Å². The fourth-order valence-electron chi connectivity index (χ4n) is 4.30. The van der Waals surface area contributed by atoms with E-state index in [-0.39, 0.29) is 16.9 Å². The summed E-state index contributed by atoms with van der Waals surface area (Å²) in [5.74, 6) is -1.75. The molecule has 8 nitrogen and oxygen atoms in total. The lowest BCUT2D eigenvalue weighted by Crippen LogP contribution is -2.33. The quantitative estimate of drug-likeness (QED) is 0.261. The van der Waals surface area contributed by atoms with Gasteiger partial charge >= 0.3 is 0 Å². The van der Waals surface area contributed by atoms with E-state index in [1.54, 1.807) is 18.3 Å². The van der Waals surface area contributed by atoms with E-state index in [0.29, 0.717) is 35.4 Å². The Bertz CT molecular complexity index is 1570. The first-order chi connectivity index (χ1) is 17.9. The molecule has 0 spiro atoms. The predicted octanol–water partition coefficient (Wildman–Crippen LogP) is 5.19. The molecule has 0 bridgehead atoms. The lowest BCUT2D eigenvalue weighted by Gasteiger charge is -2.29. The Morgan fingerprint density at radius 3 is 2.73 bits per heavy atom. The van der Waals surface area contributed by atoms with Gasteiger partial charge in [0.15, 0.2) is 0 Å². The Morgan fingerprint density at radius 2 is 1.97 bits per heavy atom. The van der Waals surface area contributed by atoms with E-state index in [0.717, 1.165) is 16.5 Å². The van der Waals surface area contributed by atoms with Crippen LogP contribution in [0, 0.1) is 11.3 Å². The molecule has 0 radical (unpaired) electrons. The molecular weight excluding hydrogens is 515 g/mol. The zero-order chi connectivity index (χ0) is 26.0. The molecule has 2 N–H and O–H groups in total. The van der Waals surface area contributed by atoms with Gasteiger partial charge in [0.05, 0.1) is 36.6 Å². The van der Waals surface area contributed by atoms with Crippen molar-refractivity contribution in [1.29, 1.82) is 5.26 Å². The van der Waals surface area contributed by atoms with Crippen LogP contribution in [0.1, 0.15) is 27.0 Å². The van der Waals surface area contributed by atoms with Crippen molar-refractivity contribution in [2.75, 3.05) is 13.2 Å². The zero-order valence-electron chi connectivity index (χ0n) is 19.3. The van der Waals surface area contributed by atoms with Crippen molar-refractivity contribution in [1.82, 2.24) is 9.99 Å². The first-order valence-electron chi connectivity index (χ1n) is 11.3. The standard InChI is InChI=1S/C27H20Cl2N4O4/c28-20-5-6-22(23(29)13-20)27(36-10-11-37-27)16-33-9-8-21-18(2-1-3-24(21)33)15-31-32-26(35)17-4-7-25(34)19(12-17)14-30/h1-9,12-13,15,34H,10-11,16H2,(H,32,35). The molecule has 1 fully saturated rings. The van der Waals surface area contributed by atoms with Gasteiger partial charge in [0.1, 0.15) is 11.8 Å². The number of benzene rings is 3. The van der Waals surface area contributed by atoms with Crippen molar-refractivity contribution >= 4 is 46.2 Å². The van der Waals surface area contributed by atoms with Crippen LogP contribution in [0.5, 0.6) is 5.75 Å². The normalized spacial score (nSPS) is 14.7. The Hall–Kier alpha value is -3.87. The molecule has 5 rings (SSSR count). The van der Waals surface area contributed by atoms with E-state index in [9.17, 15) is 9.90 Å². The van der Waals surface area contributed by atoms with Gasteiger partial charge in [-0.25, -0.2) is 5.43 Å². The van der Waals surface area contributed by atoms with Gasteiger partial charge in [0, 0.05) is 38.8 Å². The summed E-state index contributed by atoms with van der Waals surface area (Å²) in [6, 6.07) is 18.8. The largest absolute Gasteiger partial charge is 0.507 e. The number of hydrazone groups is 1. The first kappa shape index (κ1) is 24.8. The van der Waals surface area contributed by atoms with Crippen molar-refractivity contribution in [2.24, 2.45) is 5.10 Å². The highest BCUT2D eigenvalue weighted by molar-refractivity contribution is 6.35. The van der Waals surface area contributed by atoms with Crippen molar-refractivity contribution < 1.29 is 19.4 Å². The Kier molecular flexibility index (Phi) is 6.87. The maximum absolute atomic E-state index is 12.4. The number of phenols is 1. The van der Waals surface area contributed by atoms with Gasteiger partial charge in [-0.1, -0.05) is 41.4 Å². The van der Waals surface area contributed by atoms with E-state index < -0.39 is 11.7 Å². The second-order valence-corrected chi connectivity index (χ2v) is 9.18. The average molecular weight is 535 g/mol. The number of amides is 1. The third-order valence-electron chi connectivity index (χ3n) is 6.07. The average Bonchev–Trinajstić information content (AvgIpc) is 3.53. The maximum Gasteiger partial charge on any atom is 0.271 e. The van der Waals surface area contributed by atoms with Crippen molar-refractivity contribution in [3.63, 3.8) is 0 Å². The number of ether oxygens (including phenoxy) is 2. The van der Waals surface area contributed by atoms with E-state index in [2.05, 4.69) is 10.5 Å². The molecule has 1 saturated heterocycles.